The maximum absolute atomic E-state index is 11.4. The van der Waals surface area contributed by atoms with E-state index in [-0.39, 0.29) is 12.0 Å². The minimum atomic E-state index is -0.363. The van der Waals surface area contributed by atoms with E-state index in [1.807, 2.05) is 0 Å². The van der Waals surface area contributed by atoms with Crippen LogP contribution in [0, 0.1) is 0 Å². The lowest BCUT2D eigenvalue weighted by molar-refractivity contribution is -0.121. The second-order valence-corrected chi connectivity index (χ2v) is 3.82. The fraction of sp³-hybridized carbons (Fsp3) is 0.700. The van der Waals surface area contributed by atoms with Gasteiger partial charge >= 0.3 is 0 Å². The SMILES string of the molecule is CC(O)CNCCNC(=O)CCn1ccnn1. The molecule has 0 saturated carbocycles. The third kappa shape index (κ3) is 6.64. The van der Waals surface area contributed by atoms with Gasteiger partial charge in [-0.2, -0.15) is 0 Å². The molecule has 1 amide bonds. The monoisotopic (exact) mass is 241 g/mol. The molecule has 0 spiro atoms. The lowest BCUT2D eigenvalue weighted by atomic mass is 10.4. The van der Waals surface area contributed by atoms with Crippen LogP contribution in [-0.2, 0) is 11.3 Å². The van der Waals surface area contributed by atoms with Crippen LogP contribution in [0.5, 0.6) is 0 Å². The molecule has 3 N–H and O–H groups in total. The summed E-state index contributed by atoms with van der Waals surface area (Å²) in [7, 11) is 0. The van der Waals surface area contributed by atoms with E-state index in [1.165, 1.54) is 0 Å². The number of rotatable bonds is 8. The summed E-state index contributed by atoms with van der Waals surface area (Å²) in [6.07, 6.45) is 3.33. The third-order valence-electron chi connectivity index (χ3n) is 2.10. The number of aliphatic hydroxyl groups is 1. The average molecular weight is 241 g/mol. The largest absolute Gasteiger partial charge is 0.392 e. The number of amides is 1. The van der Waals surface area contributed by atoms with Crippen LogP contribution in [0.2, 0.25) is 0 Å². The fourth-order valence-corrected chi connectivity index (χ4v) is 1.26. The number of aliphatic hydroxyl groups excluding tert-OH is 1. The highest BCUT2D eigenvalue weighted by Crippen LogP contribution is 1.87. The molecule has 1 aromatic heterocycles. The molecule has 1 rings (SSSR count). The van der Waals surface area contributed by atoms with Crippen molar-refractivity contribution >= 4 is 5.91 Å². The topological polar surface area (TPSA) is 92.1 Å². The molecule has 1 unspecified atom stereocenters. The van der Waals surface area contributed by atoms with Crippen LogP contribution in [-0.4, -0.2) is 51.7 Å². The van der Waals surface area contributed by atoms with Crippen LogP contribution >= 0.6 is 0 Å². The smallest absolute Gasteiger partial charge is 0.221 e. The summed E-state index contributed by atoms with van der Waals surface area (Å²) >= 11 is 0. The van der Waals surface area contributed by atoms with E-state index in [1.54, 1.807) is 24.0 Å². The Hall–Kier alpha value is -1.47. The summed E-state index contributed by atoms with van der Waals surface area (Å²) in [5.41, 5.74) is 0. The Bertz CT molecular complexity index is 313. The van der Waals surface area contributed by atoms with Crippen molar-refractivity contribution in [1.82, 2.24) is 25.6 Å². The summed E-state index contributed by atoms with van der Waals surface area (Å²) in [6, 6.07) is 0. The maximum Gasteiger partial charge on any atom is 0.221 e. The molecule has 7 heteroatoms. The van der Waals surface area contributed by atoms with Gasteiger partial charge in [0.2, 0.25) is 5.91 Å². The van der Waals surface area contributed by atoms with Crippen molar-refractivity contribution < 1.29 is 9.90 Å². The number of hydrogen-bond donors (Lipinski definition) is 3. The van der Waals surface area contributed by atoms with Gasteiger partial charge in [-0.1, -0.05) is 5.21 Å². The average Bonchev–Trinajstić information content (AvgIpc) is 2.78. The van der Waals surface area contributed by atoms with Crippen molar-refractivity contribution in [1.29, 1.82) is 0 Å². The van der Waals surface area contributed by atoms with Crippen LogP contribution in [0.15, 0.2) is 12.4 Å². The molecular formula is C10H19N5O2. The van der Waals surface area contributed by atoms with E-state index >= 15 is 0 Å². The van der Waals surface area contributed by atoms with Gasteiger partial charge in [0.15, 0.2) is 0 Å². The number of aromatic nitrogens is 3. The van der Waals surface area contributed by atoms with Crippen LogP contribution in [0.1, 0.15) is 13.3 Å². The molecular weight excluding hydrogens is 222 g/mol. The van der Waals surface area contributed by atoms with Crippen molar-refractivity contribution in [2.24, 2.45) is 0 Å². The minimum Gasteiger partial charge on any atom is -0.392 e. The van der Waals surface area contributed by atoms with E-state index in [0.29, 0.717) is 32.6 Å². The molecule has 17 heavy (non-hydrogen) atoms. The van der Waals surface area contributed by atoms with Gasteiger partial charge < -0.3 is 15.7 Å². The first-order chi connectivity index (χ1) is 8.18. The first-order valence-corrected chi connectivity index (χ1v) is 5.68. The molecule has 0 aliphatic heterocycles. The van der Waals surface area contributed by atoms with E-state index in [0.717, 1.165) is 0 Å². The lowest BCUT2D eigenvalue weighted by Gasteiger charge is -2.08. The third-order valence-corrected chi connectivity index (χ3v) is 2.10. The molecule has 0 fully saturated rings. The Morgan fingerprint density at radius 2 is 2.35 bits per heavy atom. The molecule has 96 valence electrons. The lowest BCUT2D eigenvalue weighted by Crippen LogP contribution is -2.34. The Morgan fingerprint density at radius 1 is 1.53 bits per heavy atom. The van der Waals surface area contributed by atoms with Crippen molar-refractivity contribution in [3.05, 3.63) is 12.4 Å². The minimum absolute atomic E-state index is 0.0145. The molecule has 1 heterocycles. The van der Waals surface area contributed by atoms with Gasteiger partial charge in [0.25, 0.3) is 0 Å². The highest BCUT2D eigenvalue weighted by Gasteiger charge is 2.01. The zero-order valence-electron chi connectivity index (χ0n) is 9.96. The number of nitrogens with zero attached hydrogens (tertiary/aromatic N) is 3. The standard InChI is InChI=1S/C10H19N5O2/c1-9(16)8-11-3-4-12-10(17)2-6-15-7-5-13-14-15/h5,7,9,11,16H,2-4,6,8H2,1H3,(H,12,17). The predicted molar refractivity (Wildman–Crippen MR) is 62.2 cm³/mol. The summed E-state index contributed by atoms with van der Waals surface area (Å²) in [6.45, 7) is 3.99. The number of carbonyl (C=O) groups is 1. The fourth-order valence-electron chi connectivity index (χ4n) is 1.26. The van der Waals surface area contributed by atoms with Gasteiger partial charge in [0, 0.05) is 32.3 Å². The molecule has 0 aliphatic rings. The summed E-state index contributed by atoms with van der Waals surface area (Å²) in [5, 5.41) is 22.2. The zero-order chi connectivity index (χ0) is 12.5. The highest BCUT2D eigenvalue weighted by atomic mass is 16.3. The molecule has 0 aliphatic carbocycles. The van der Waals surface area contributed by atoms with Crippen molar-refractivity contribution in [3.8, 4) is 0 Å². The Labute approximate surface area is 100 Å². The van der Waals surface area contributed by atoms with Gasteiger partial charge in [-0.25, -0.2) is 0 Å². The summed E-state index contributed by atoms with van der Waals surface area (Å²) in [5.74, 6) is -0.0145. The van der Waals surface area contributed by atoms with Crippen molar-refractivity contribution in [2.75, 3.05) is 19.6 Å². The molecule has 0 aromatic carbocycles. The predicted octanol–water partition coefficient (Wildman–Crippen LogP) is -1.25. The van der Waals surface area contributed by atoms with Gasteiger partial charge in [-0.05, 0) is 6.92 Å². The van der Waals surface area contributed by atoms with Crippen LogP contribution < -0.4 is 10.6 Å². The molecule has 0 saturated heterocycles. The van der Waals surface area contributed by atoms with Crippen molar-refractivity contribution in [2.45, 2.75) is 26.0 Å². The molecule has 7 nitrogen and oxygen atoms in total. The maximum atomic E-state index is 11.4. The zero-order valence-corrected chi connectivity index (χ0v) is 9.96. The summed E-state index contributed by atoms with van der Waals surface area (Å²) < 4.78 is 1.62. The number of aryl methyl sites for hydroxylation is 1. The van der Waals surface area contributed by atoms with Crippen LogP contribution in [0.4, 0.5) is 0 Å². The van der Waals surface area contributed by atoms with Gasteiger partial charge in [0.05, 0.1) is 18.8 Å². The van der Waals surface area contributed by atoms with Crippen LogP contribution in [0.3, 0.4) is 0 Å². The quantitative estimate of drug-likeness (QED) is 0.495. The van der Waals surface area contributed by atoms with E-state index in [9.17, 15) is 4.79 Å². The Morgan fingerprint density at radius 3 is 3.00 bits per heavy atom. The van der Waals surface area contributed by atoms with E-state index in [2.05, 4.69) is 20.9 Å². The van der Waals surface area contributed by atoms with E-state index < -0.39 is 0 Å². The Balaban J connectivity index is 1.98. The van der Waals surface area contributed by atoms with Crippen LogP contribution in [0.25, 0.3) is 0 Å². The molecule has 0 bridgehead atoms. The van der Waals surface area contributed by atoms with Gasteiger partial charge in [0.1, 0.15) is 0 Å². The molecule has 1 atom stereocenters. The highest BCUT2D eigenvalue weighted by molar-refractivity contribution is 5.75. The number of hydrogen-bond acceptors (Lipinski definition) is 5. The molecule has 0 radical (unpaired) electrons. The summed E-state index contributed by atoms with van der Waals surface area (Å²) in [4.78, 5) is 11.4. The number of nitrogens with one attached hydrogen (secondary N) is 2. The normalized spacial score (nSPS) is 12.4. The Kier molecular flexibility index (Phi) is 6.19. The van der Waals surface area contributed by atoms with Gasteiger partial charge in [-0.3, -0.25) is 9.48 Å². The second-order valence-electron chi connectivity index (χ2n) is 3.82. The first-order valence-electron chi connectivity index (χ1n) is 5.68. The number of carbonyl (C=O) groups excluding carboxylic acids is 1. The van der Waals surface area contributed by atoms with E-state index in [4.69, 9.17) is 5.11 Å². The van der Waals surface area contributed by atoms with Gasteiger partial charge in [-0.15, -0.1) is 5.10 Å². The van der Waals surface area contributed by atoms with Crippen molar-refractivity contribution in [3.63, 3.8) is 0 Å². The second kappa shape index (κ2) is 7.75. The molecule has 1 aromatic rings. The first kappa shape index (κ1) is 13.6.